The summed E-state index contributed by atoms with van der Waals surface area (Å²) in [6.45, 7) is 4.37. The van der Waals surface area contributed by atoms with Gasteiger partial charge in [0.1, 0.15) is 6.26 Å². The molecule has 3 aromatic carbocycles. The monoisotopic (exact) mass is 530 g/mol. The van der Waals surface area contributed by atoms with Crippen LogP contribution >= 0.6 is 0 Å². The number of pyridine rings is 1. The summed E-state index contributed by atoms with van der Waals surface area (Å²) in [5.41, 5.74) is 7.57. The molecule has 2 aliphatic rings. The first-order valence-electron chi connectivity index (χ1n) is 13.8. The first-order valence-corrected chi connectivity index (χ1v) is 13.8. The molecule has 1 N–H and O–H groups in total. The van der Waals surface area contributed by atoms with Crippen LogP contribution in [-0.2, 0) is 19.5 Å². The van der Waals surface area contributed by atoms with Crippen LogP contribution in [0.5, 0.6) is 0 Å². The number of aryl methyl sites for hydroxylation is 1. The van der Waals surface area contributed by atoms with Crippen LogP contribution in [0.3, 0.4) is 0 Å². The molecule has 1 fully saturated rings. The van der Waals surface area contributed by atoms with Crippen LogP contribution in [0.4, 0.5) is 5.69 Å². The molecular weight excluding hydrogens is 500 g/mol. The van der Waals surface area contributed by atoms with Gasteiger partial charge in [0.25, 0.3) is 11.5 Å². The lowest BCUT2D eigenvalue weighted by Gasteiger charge is -2.29. The Balaban J connectivity index is 1.07. The van der Waals surface area contributed by atoms with Gasteiger partial charge in [-0.15, -0.1) is 0 Å². The second-order valence-corrected chi connectivity index (χ2v) is 11.0. The van der Waals surface area contributed by atoms with Crippen molar-refractivity contribution in [2.45, 2.75) is 45.3 Å². The van der Waals surface area contributed by atoms with Crippen molar-refractivity contribution in [2.75, 3.05) is 11.9 Å². The highest BCUT2D eigenvalue weighted by atomic mass is 16.5. The number of hydrogen-bond acceptors (Lipinski definition) is 5. The van der Waals surface area contributed by atoms with E-state index in [1.165, 1.54) is 24.0 Å². The maximum Gasteiger partial charge on any atom is 0.258 e. The van der Waals surface area contributed by atoms with E-state index in [0.29, 0.717) is 17.5 Å². The number of aromatic nitrogens is 2. The molecule has 0 atom stereocenters. The van der Waals surface area contributed by atoms with Gasteiger partial charge in [-0.1, -0.05) is 29.4 Å². The molecule has 1 saturated carbocycles. The van der Waals surface area contributed by atoms with Crippen LogP contribution in [0.15, 0.2) is 88.5 Å². The average molecular weight is 531 g/mol. The topological polar surface area (TPSA) is 80.4 Å². The number of nitrogens with one attached hydrogen (secondary N) is 1. The highest BCUT2D eigenvalue weighted by Crippen LogP contribution is 2.32. The molecule has 3 heterocycles. The Morgan fingerprint density at radius 3 is 2.77 bits per heavy atom. The van der Waals surface area contributed by atoms with Crippen molar-refractivity contribution in [3.63, 3.8) is 0 Å². The molecular formula is C33H30N4O3. The van der Waals surface area contributed by atoms with E-state index >= 15 is 0 Å². The highest BCUT2D eigenvalue weighted by molar-refractivity contribution is 6.04. The van der Waals surface area contributed by atoms with Gasteiger partial charge in [-0.3, -0.25) is 14.5 Å². The number of anilines is 1. The molecule has 7 heteroatoms. The molecule has 40 heavy (non-hydrogen) atoms. The number of amides is 1. The lowest BCUT2D eigenvalue weighted by atomic mass is 9.98. The summed E-state index contributed by atoms with van der Waals surface area (Å²) in [5, 5.41) is 8.52. The van der Waals surface area contributed by atoms with Crippen LogP contribution in [-0.4, -0.2) is 33.1 Å². The Labute approximate surface area is 232 Å². The maximum atomic E-state index is 13.3. The van der Waals surface area contributed by atoms with Crippen molar-refractivity contribution in [2.24, 2.45) is 0 Å². The van der Waals surface area contributed by atoms with Crippen LogP contribution in [0, 0.1) is 6.92 Å². The summed E-state index contributed by atoms with van der Waals surface area (Å²) in [6.07, 6.45) is 7.09. The molecule has 7 rings (SSSR count). The minimum atomic E-state index is -0.153. The van der Waals surface area contributed by atoms with Gasteiger partial charge >= 0.3 is 0 Å². The third-order valence-electron chi connectivity index (χ3n) is 8.15. The van der Waals surface area contributed by atoms with E-state index in [9.17, 15) is 9.59 Å². The summed E-state index contributed by atoms with van der Waals surface area (Å²) < 4.78 is 6.75. The van der Waals surface area contributed by atoms with Gasteiger partial charge in [-0.05, 0) is 96.3 Å². The van der Waals surface area contributed by atoms with E-state index in [2.05, 4.69) is 27.5 Å². The van der Waals surface area contributed by atoms with Crippen molar-refractivity contribution < 1.29 is 9.32 Å². The molecule has 0 radical (unpaired) electrons. The normalized spacial score (nSPS) is 15.2. The van der Waals surface area contributed by atoms with Gasteiger partial charge in [0, 0.05) is 47.5 Å². The zero-order valence-corrected chi connectivity index (χ0v) is 22.4. The summed E-state index contributed by atoms with van der Waals surface area (Å²) >= 11 is 0. The molecule has 0 unspecified atom stereocenters. The number of fused-ring (bicyclic) bond motifs is 2. The minimum absolute atomic E-state index is 0.0738. The van der Waals surface area contributed by atoms with E-state index in [4.69, 9.17) is 4.52 Å². The van der Waals surface area contributed by atoms with Crippen molar-refractivity contribution in [3.8, 4) is 11.1 Å². The van der Waals surface area contributed by atoms with E-state index < -0.39 is 0 Å². The third kappa shape index (κ3) is 4.73. The van der Waals surface area contributed by atoms with Crippen LogP contribution in [0.2, 0.25) is 0 Å². The fraction of sp³-hybridized carbons (Fsp3) is 0.242. The summed E-state index contributed by atoms with van der Waals surface area (Å²) in [6, 6.07) is 22.2. The summed E-state index contributed by atoms with van der Waals surface area (Å²) in [4.78, 5) is 29.0. The van der Waals surface area contributed by atoms with Crippen LogP contribution < -0.4 is 10.9 Å². The molecule has 0 bridgehead atoms. The van der Waals surface area contributed by atoms with Crippen molar-refractivity contribution in [1.29, 1.82) is 0 Å². The molecule has 5 aromatic rings. The maximum absolute atomic E-state index is 13.3. The second kappa shape index (κ2) is 9.92. The molecule has 0 saturated heterocycles. The smallest absolute Gasteiger partial charge is 0.258 e. The molecule has 1 amide bonds. The average Bonchev–Trinajstić information content (AvgIpc) is 3.74. The van der Waals surface area contributed by atoms with Gasteiger partial charge in [0.2, 0.25) is 0 Å². The minimum Gasteiger partial charge on any atom is -0.364 e. The van der Waals surface area contributed by atoms with Gasteiger partial charge in [-0.2, -0.15) is 0 Å². The Bertz CT molecular complexity index is 1810. The van der Waals surface area contributed by atoms with E-state index in [1.807, 2.05) is 61.5 Å². The summed E-state index contributed by atoms with van der Waals surface area (Å²) in [7, 11) is 0. The fourth-order valence-corrected chi connectivity index (χ4v) is 5.76. The van der Waals surface area contributed by atoms with Gasteiger partial charge in [0.15, 0.2) is 0 Å². The first kappa shape index (κ1) is 24.5. The molecule has 200 valence electrons. The highest BCUT2D eigenvalue weighted by Gasteiger charge is 2.31. The molecule has 0 spiro atoms. The number of carbonyl (C=O) groups excluding carboxylic acids is 1. The third-order valence-corrected chi connectivity index (χ3v) is 8.15. The summed E-state index contributed by atoms with van der Waals surface area (Å²) in [5.74, 6) is -0.153. The van der Waals surface area contributed by atoms with Crippen LogP contribution in [0.25, 0.3) is 21.9 Å². The quantitative estimate of drug-likeness (QED) is 0.301. The molecule has 1 aliphatic heterocycles. The number of hydrogen-bond donors (Lipinski definition) is 1. The fourth-order valence-electron chi connectivity index (χ4n) is 5.76. The number of benzene rings is 3. The molecule has 7 nitrogen and oxygen atoms in total. The lowest BCUT2D eigenvalue weighted by molar-refractivity contribution is 0.102. The predicted molar refractivity (Wildman–Crippen MR) is 156 cm³/mol. The predicted octanol–water partition coefficient (Wildman–Crippen LogP) is 5.79. The zero-order valence-electron chi connectivity index (χ0n) is 22.4. The SMILES string of the molecule is Cc1nocc1-c1ccc2c(=O)n(Cc3cccc(C(=O)Nc4ccc5c(c4)CCN(C4CC4)C5)c3)ccc2c1. The van der Waals surface area contributed by atoms with E-state index in [0.717, 1.165) is 59.0 Å². The number of rotatable bonds is 6. The van der Waals surface area contributed by atoms with E-state index in [1.54, 1.807) is 17.0 Å². The van der Waals surface area contributed by atoms with Crippen molar-refractivity contribution >= 4 is 22.4 Å². The largest absolute Gasteiger partial charge is 0.364 e. The Kier molecular flexibility index (Phi) is 6.09. The zero-order chi connectivity index (χ0) is 27.2. The Hall–Kier alpha value is -4.49. The van der Waals surface area contributed by atoms with Gasteiger partial charge in [0.05, 0.1) is 12.2 Å². The second-order valence-electron chi connectivity index (χ2n) is 11.0. The van der Waals surface area contributed by atoms with Gasteiger partial charge in [-0.25, -0.2) is 0 Å². The van der Waals surface area contributed by atoms with Crippen LogP contribution in [0.1, 0.15) is 45.6 Å². The standard InChI is InChI=1S/C33H30N4O3/c1-21-31(20-40-35-21)24-6-10-30-25(16-24)12-14-37(33(30)39)18-22-3-2-4-26(15-22)32(38)34-28-7-5-27-19-36(29-8-9-29)13-11-23(27)17-28/h2-7,10,12,14-17,20,29H,8-9,11,13,18-19H2,1H3,(H,34,38). The first-order chi connectivity index (χ1) is 19.5. The van der Waals surface area contributed by atoms with Gasteiger partial charge < -0.3 is 14.4 Å². The lowest BCUT2D eigenvalue weighted by Crippen LogP contribution is -2.32. The van der Waals surface area contributed by atoms with E-state index in [-0.39, 0.29) is 11.5 Å². The van der Waals surface area contributed by atoms with Crippen molar-refractivity contribution in [3.05, 3.63) is 117 Å². The van der Waals surface area contributed by atoms with Crippen molar-refractivity contribution in [1.82, 2.24) is 14.6 Å². The number of nitrogens with zero attached hydrogens (tertiary/aromatic N) is 3. The Morgan fingerprint density at radius 1 is 1.05 bits per heavy atom. The number of carbonyl (C=O) groups is 1. The Morgan fingerprint density at radius 2 is 1.95 bits per heavy atom. The molecule has 2 aromatic heterocycles. The molecule has 1 aliphatic carbocycles.